The number of hydrogen-bond donors (Lipinski definition) is 1. The van der Waals surface area contributed by atoms with Gasteiger partial charge in [0.2, 0.25) is 5.88 Å². The number of methoxy groups -OCH3 is 1. The van der Waals surface area contributed by atoms with Gasteiger partial charge in [0, 0.05) is 12.3 Å². The molecule has 1 unspecified atom stereocenters. The third-order valence-corrected chi connectivity index (χ3v) is 4.10. The molecule has 1 aromatic carbocycles. The Bertz CT molecular complexity index is 1030. The number of ether oxygens (including phenoxy) is 2. The summed E-state index contributed by atoms with van der Waals surface area (Å²) in [6.45, 7) is 5.57. The van der Waals surface area contributed by atoms with E-state index in [0.29, 0.717) is 28.2 Å². The lowest BCUT2D eigenvalue weighted by atomic mass is 10.0. The molecule has 3 aromatic rings. The van der Waals surface area contributed by atoms with Crippen LogP contribution in [0.2, 0.25) is 0 Å². The Morgan fingerprint density at radius 3 is 2.65 bits per heavy atom. The lowest BCUT2D eigenvalue weighted by Crippen LogP contribution is -2.12. The molecule has 0 aliphatic rings. The van der Waals surface area contributed by atoms with Crippen LogP contribution in [0, 0.1) is 13.8 Å². The van der Waals surface area contributed by atoms with Crippen molar-refractivity contribution in [2.45, 2.75) is 26.9 Å². The predicted octanol–water partition coefficient (Wildman–Crippen LogP) is 2.86. The van der Waals surface area contributed by atoms with Crippen LogP contribution in [0.25, 0.3) is 10.9 Å². The van der Waals surface area contributed by atoms with Crippen molar-refractivity contribution in [3.05, 3.63) is 63.3 Å². The third-order valence-electron chi connectivity index (χ3n) is 4.10. The first kappa shape index (κ1) is 17.6. The minimum absolute atomic E-state index is 0.179. The number of aryl methyl sites for hydroxylation is 2. The van der Waals surface area contributed by atoms with E-state index in [2.05, 4.69) is 19.7 Å². The molecule has 0 bridgehead atoms. The number of aromatic nitrogens is 3. The molecular formula is C19H19N3O4. The van der Waals surface area contributed by atoms with Crippen LogP contribution in [0.3, 0.4) is 0 Å². The first-order chi connectivity index (χ1) is 12.4. The van der Waals surface area contributed by atoms with Gasteiger partial charge in [-0.2, -0.15) is 0 Å². The van der Waals surface area contributed by atoms with Gasteiger partial charge in [0.1, 0.15) is 11.9 Å². The Kier molecular flexibility index (Phi) is 4.71. The number of carbonyl (C=O) groups is 1. The van der Waals surface area contributed by atoms with Gasteiger partial charge in [-0.3, -0.25) is 4.79 Å². The SMILES string of the molecule is COC(=O)c1ccc(OC(C)c2cc3c(=O)[nH]c(C)nc3cc2C)nc1. The average molecular weight is 353 g/mol. The van der Waals surface area contributed by atoms with Gasteiger partial charge in [0.15, 0.2) is 0 Å². The van der Waals surface area contributed by atoms with E-state index in [1.807, 2.05) is 19.9 Å². The summed E-state index contributed by atoms with van der Waals surface area (Å²) in [6, 6.07) is 6.87. The lowest BCUT2D eigenvalue weighted by Gasteiger charge is -2.17. The third kappa shape index (κ3) is 3.42. The summed E-state index contributed by atoms with van der Waals surface area (Å²) in [4.78, 5) is 34.8. The number of carbonyl (C=O) groups excluding carboxylic acids is 1. The summed E-state index contributed by atoms with van der Waals surface area (Å²) in [5, 5.41) is 0.514. The molecule has 1 N–H and O–H groups in total. The van der Waals surface area contributed by atoms with Crippen LogP contribution in [0.4, 0.5) is 0 Å². The van der Waals surface area contributed by atoms with Gasteiger partial charge in [-0.25, -0.2) is 14.8 Å². The molecule has 0 amide bonds. The fourth-order valence-electron chi connectivity index (χ4n) is 2.80. The zero-order valence-electron chi connectivity index (χ0n) is 15.0. The number of benzene rings is 1. The molecular weight excluding hydrogens is 334 g/mol. The van der Waals surface area contributed by atoms with Gasteiger partial charge >= 0.3 is 5.97 Å². The zero-order chi connectivity index (χ0) is 18.8. The molecule has 0 fully saturated rings. The smallest absolute Gasteiger partial charge is 0.339 e. The fourth-order valence-corrected chi connectivity index (χ4v) is 2.80. The molecule has 2 heterocycles. The number of nitrogens with one attached hydrogen (secondary N) is 1. The molecule has 0 saturated heterocycles. The maximum absolute atomic E-state index is 12.2. The Balaban J connectivity index is 1.90. The number of hydrogen-bond acceptors (Lipinski definition) is 6. The molecule has 0 aliphatic heterocycles. The maximum Gasteiger partial charge on any atom is 0.339 e. The number of aromatic amines is 1. The minimum atomic E-state index is -0.454. The molecule has 0 spiro atoms. The Morgan fingerprint density at radius 2 is 2.00 bits per heavy atom. The Morgan fingerprint density at radius 1 is 1.23 bits per heavy atom. The summed E-state index contributed by atoms with van der Waals surface area (Å²) in [5.41, 5.74) is 2.66. The maximum atomic E-state index is 12.2. The van der Waals surface area contributed by atoms with Crippen LogP contribution in [0.5, 0.6) is 5.88 Å². The molecule has 7 heteroatoms. The molecule has 1 atom stereocenters. The van der Waals surface area contributed by atoms with Gasteiger partial charge in [-0.1, -0.05) is 0 Å². The highest BCUT2D eigenvalue weighted by atomic mass is 16.5. The Labute approximate surface area is 150 Å². The van der Waals surface area contributed by atoms with E-state index in [4.69, 9.17) is 4.74 Å². The van der Waals surface area contributed by atoms with Crippen LogP contribution in [0.1, 0.15) is 40.3 Å². The average Bonchev–Trinajstić information content (AvgIpc) is 2.60. The summed E-state index contributed by atoms with van der Waals surface area (Å²) < 4.78 is 10.5. The number of pyridine rings is 1. The second-order valence-corrected chi connectivity index (χ2v) is 6.01. The van der Waals surface area contributed by atoms with Gasteiger partial charge < -0.3 is 14.5 Å². The number of fused-ring (bicyclic) bond motifs is 1. The number of esters is 1. The summed E-state index contributed by atoms with van der Waals surface area (Å²) >= 11 is 0. The van der Waals surface area contributed by atoms with Crippen molar-refractivity contribution < 1.29 is 14.3 Å². The van der Waals surface area contributed by atoms with Gasteiger partial charge in [0.25, 0.3) is 5.56 Å². The number of nitrogens with zero attached hydrogens (tertiary/aromatic N) is 2. The van der Waals surface area contributed by atoms with Gasteiger partial charge in [-0.05, 0) is 50.1 Å². The largest absolute Gasteiger partial charge is 0.470 e. The molecule has 134 valence electrons. The van der Waals surface area contributed by atoms with E-state index >= 15 is 0 Å². The topological polar surface area (TPSA) is 94.2 Å². The molecule has 2 aromatic heterocycles. The van der Waals surface area contributed by atoms with E-state index in [-0.39, 0.29) is 11.7 Å². The number of rotatable bonds is 4. The first-order valence-corrected chi connectivity index (χ1v) is 8.11. The van der Waals surface area contributed by atoms with Crippen LogP contribution in [-0.2, 0) is 4.74 Å². The quantitative estimate of drug-likeness (QED) is 0.725. The highest BCUT2D eigenvalue weighted by molar-refractivity contribution is 5.88. The van der Waals surface area contributed by atoms with Crippen LogP contribution >= 0.6 is 0 Å². The molecule has 0 aliphatic carbocycles. The fraction of sp³-hybridized carbons (Fsp3) is 0.263. The van der Waals surface area contributed by atoms with E-state index in [9.17, 15) is 9.59 Å². The van der Waals surface area contributed by atoms with Crippen molar-refractivity contribution in [2.75, 3.05) is 7.11 Å². The highest BCUT2D eigenvalue weighted by Gasteiger charge is 2.15. The number of H-pyrrole nitrogens is 1. The standard InChI is InChI=1S/C19H19N3O4/c1-10-7-16-15(18(23)22-12(3)21-16)8-14(10)11(2)26-17-6-5-13(9-20-17)19(24)25-4/h5-9,11H,1-4H3,(H,21,22,23). The van der Waals surface area contributed by atoms with Gasteiger partial charge in [0.05, 0.1) is 23.6 Å². The van der Waals surface area contributed by atoms with Crippen LogP contribution < -0.4 is 10.3 Å². The minimum Gasteiger partial charge on any atom is -0.470 e. The van der Waals surface area contributed by atoms with Crippen molar-refractivity contribution in [3.63, 3.8) is 0 Å². The zero-order valence-corrected chi connectivity index (χ0v) is 15.0. The summed E-state index contributed by atoms with van der Waals surface area (Å²) in [5.74, 6) is 0.499. The van der Waals surface area contributed by atoms with Crippen molar-refractivity contribution in [1.29, 1.82) is 0 Å². The summed E-state index contributed by atoms with van der Waals surface area (Å²) in [7, 11) is 1.31. The second-order valence-electron chi connectivity index (χ2n) is 6.01. The molecule has 0 radical (unpaired) electrons. The van der Waals surface area contributed by atoms with Crippen molar-refractivity contribution in [2.24, 2.45) is 0 Å². The monoisotopic (exact) mass is 353 g/mol. The molecule has 3 rings (SSSR count). The van der Waals surface area contributed by atoms with Crippen molar-refractivity contribution in [3.8, 4) is 5.88 Å². The predicted molar refractivity (Wildman–Crippen MR) is 96.5 cm³/mol. The molecule has 0 saturated carbocycles. The second kappa shape index (κ2) is 6.95. The first-order valence-electron chi connectivity index (χ1n) is 8.11. The van der Waals surface area contributed by atoms with Gasteiger partial charge in [-0.15, -0.1) is 0 Å². The Hall–Kier alpha value is -3.22. The molecule has 26 heavy (non-hydrogen) atoms. The van der Waals surface area contributed by atoms with Crippen molar-refractivity contribution in [1.82, 2.24) is 15.0 Å². The van der Waals surface area contributed by atoms with Crippen LogP contribution in [0.15, 0.2) is 35.3 Å². The van der Waals surface area contributed by atoms with Crippen LogP contribution in [-0.4, -0.2) is 28.0 Å². The van der Waals surface area contributed by atoms with E-state index in [1.165, 1.54) is 13.3 Å². The van der Waals surface area contributed by atoms with Crippen molar-refractivity contribution >= 4 is 16.9 Å². The highest BCUT2D eigenvalue weighted by Crippen LogP contribution is 2.25. The lowest BCUT2D eigenvalue weighted by molar-refractivity contribution is 0.0600. The molecule has 7 nitrogen and oxygen atoms in total. The van der Waals surface area contributed by atoms with E-state index < -0.39 is 5.97 Å². The van der Waals surface area contributed by atoms with E-state index in [0.717, 1.165) is 11.1 Å². The normalized spacial score (nSPS) is 12.0. The van der Waals surface area contributed by atoms with E-state index in [1.54, 1.807) is 25.1 Å². The summed E-state index contributed by atoms with van der Waals surface area (Å²) in [6.07, 6.45) is 1.06.